The molecule has 1 saturated carbocycles. The summed E-state index contributed by atoms with van der Waals surface area (Å²) < 4.78 is 24.7. The standard InChI is InChI=1S/C15H18FN3O2/c1-9(14-11(16)4-3-5-12(14)20-2)17-8-13-18-19-15(21-13)10-6-7-10/h3-5,9-10,17H,6-8H2,1-2H3/t9-/m0/s1. The zero-order chi connectivity index (χ0) is 14.8. The summed E-state index contributed by atoms with van der Waals surface area (Å²) in [6.07, 6.45) is 2.25. The first kappa shape index (κ1) is 14.0. The van der Waals surface area contributed by atoms with Gasteiger partial charge in [-0.1, -0.05) is 6.07 Å². The maximum atomic E-state index is 14.0. The van der Waals surface area contributed by atoms with E-state index in [2.05, 4.69) is 15.5 Å². The van der Waals surface area contributed by atoms with Crippen LogP contribution in [-0.4, -0.2) is 17.3 Å². The van der Waals surface area contributed by atoms with Crippen LogP contribution < -0.4 is 10.1 Å². The second kappa shape index (κ2) is 5.81. The fourth-order valence-corrected chi connectivity index (χ4v) is 2.29. The highest BCUT2D eigenvalue weighted by Crippen LogP contribution is 2.39. The van der Waals surface area contributed by atoms with E-state index in [0.29, 0.717) is 35.6 Å². The molecule has 0 spiro atoms. The SMILES string of the molecule is COc1cccc(F)c1[C@H](C)NCc1nnc(C2CC2)o1. The number of rotatable bonds is 6. The number of hydrogen-bond acceptors (Lipinski definition) is 5. The van der Waals surface area contributed by atoms with E-state index in [1.807, 2.05) is 6.92 Å². The third kappa shape index (κ3) is 3.05. The van der Waals surface area contributed by atoms with Gasteiger partial charge in [-0.3, -0.25) is 0 Å². The average Bonchev–Trinajstić information content (AvgIpc) is 3.23. The Morgan fingerprint density at radius 1 is 1.43 bits per heavy atom. The Labute approximate surface area is 122 Å². The highest BCUT2D eigenvalue weighted by molar-refractivity contribution is 5.36. The molecule has 0 amide bonds. The maximum Gasteiger partial charge on any atom is 0.230 e. The van der Waals surface area contributed by atoms with Crippen molar-refractivity contribution in [3.8, 4) is 5.75 Å². The van der Waals surface area contributed by atoms with E-state index < -0.39 is 0 Å². The Kier molecular flexibility index (Phi) is 3.88. The normalized spacial score (nSPS) is 16.0. The molecule has 1 fully saturated rings. The van der Waals surface area contributed by atoms with Crippen molar-refractivity contribution in [3.05, 3.63) is 41.4 Å². The molecule has 0 radical (unpaired) electrons. The number of aromatic nitrogens is 2. The molecule has 1 aromatic heterocycles. The molecule has 1 aliphatic rings. The Balaban J connectivity index is 1.66. The molecule has 0 bridgehead atoms. The largest absolute Gasteiger partial charge is 0.496 e. The van der Waals surface area contributed by atoms with Gasteiger partial charge in [0.2, 0.25) is 11.8 Å². The van der Waals surface area contributed by atoms with Crippen LogP contribution in [0.1, 0.15) is 49.1 Å². The topological polar surface area (TPSA) is 60.2 Å². The van der Waals surface area contributed by atoms with Crippen LogP contribution in [0.2, 0.25) is 0 Å². The highest BCUT2D eigenvalue weighted by atomic mass is 19.1. The Bertz CT molecular complexity index is 625. The van der Waals surface area contributed by atoms with Crippen LogP contribution in [-0.2, 0) is 6.54 Å². The minimum atomic E-state index is -0.293. The van der Waals surface area contributed by atoms with Gasteiger partial charge in [-0.15, -0.1) is 10.2 Å². The van der Waals surface area contributed by atoms with Crippen LogP contribution in [0.3, 0.4) is 0 Å². The lowest BCUT2D eigenvalue weighted by molar-refractivity contribution is 0.384. The first-order valence-corrected chi connectivity index (χ1v) is 7.07. The number of nitrogens with zero attached hydrogens (tertiary/aromatic N) is 2. The van der Waals surface area contributed by atoms with E-state index in [1.54, 1.807) is 12.1 Å². The molecule has 0 unspecified atom stereocenters. The highest BCUT2D eigenvalue weighted by Gasteiger charge is 2.29. The molecule has 0 aliphatic heterocycles. The van der Waals surface area contributed by atoms with Gasteiger partial charge in [-0.2, -0.15) is 0 Å². The summed E-state index contributed by atoms with van der Waals surface area (Å²) in [5, 5.41) is 11.2. The molecule has 0 saturated heterocycles. The van der Waals surface area contributed by atoms with Crippen molar-refractivity contribution in [1.82, 2.24) is 15.5 Å². The molecule has 1 aliphatic carbocycles. The van der Waals surface area contributed by atoms with Crippen molar-refractivity contribution in [2.75, 3.05) is 7.11 Å². The van der Waals surface area contributed by atoms with Crippen molar-refractivity contribution in [1.29, 1.82) is 0 Å². The summed E-state index contributed by atoms with van der Waals surface area (Å²) in [5.74, 6) is 1.91. The van der Waals surface area contributed by atoms with Gasteiger partial charge in [0.05, 0.1) is 13.7 Å². The second-order valence-electron chi connectivity index (χ2n) is 5.27. The van der Waals surface area contributed by atoms with Gasteiger partial charge in [-0.05, 0) is 31.9 Å². The van der Waals surface area contributed by atoms with Gasteiger partial charge in [-0.25, -0.2) is 4.39 Å². The van der Waals surface area contributed by atoms with E-state index in [9.17, 15) is 4.39 Å². The molecule has 6 heteroatoms. The Morgan fingerprint density at radius 3 is 2.95 bits per heavy atom. The lowest BCUT2D eigenvalue weighted by Crippen LogP contribution is -2.20. The van der Waals surface area contributed by atoms with Crippen molar-refractivity contribution in [2.24, 2.45) is 0 Å². The van der Waals surface area contributed by atoms with Gasteiger partial charge in [0.15, 0.2) is 0 Å². The van der Waals surface area contributed by atoms with Crippen LogP contribution in [0.5, 0.6) is 5.75 Å². The minimum absolute atomic E-state index is 0.225. The van der Waals surface area contributed by atoms with E-state index >= 15 is 0 Å². The number of nitrogens with one attached hydrogen (secondary N) is 1. The number of halogens is 1. The molecule has 112 valence electrons. The smallest absolute Gasteiger partial charge is 0.230 e. The Morgan fingerprint density at radius 2 is 2.24 bits per heavy atom. The van der Waals surface area contributed by atoms with Gasteiger partial charge >= 0.3 is 0 Å². The summed E-state index contributed by atoms with van der Waals surface area (Å²) in [5.41, 5.74) is 0.502. The zero-order valence-electron chi connectivity index (χ0n) is 12.1. The summed E-state index contributed by atoms with van der Waals surface area (Å²) in [4.78, 5) is 0. The van der Waals surface area contributed by atoms with E-state index in [4.69, 9.17) is 9.15 Å². The molecule has 21 heavy (non-hydrogen) atoms. The number of benzene rings is 1. The molecule has 1 heterocycles. The number of methoxy groups -OCH3 is 1. The first-order valence-electron chi connectivity index (χ1n) is 7.07. The van der Waals surface area contributed by atoms with Crippen LogP contribution in [0, 0.1) is 5.82 Å². The van der Waals surface area contributed by atoms with Crippen molar-refractivity contribution >= 4 is 0 Å². The van der Waals surface area contributed by atoms with Crippen molar-refractivity contribution in [2.45, 2.75) is 38.3 Å². The lowest BCUT2D eigenvalue weighted by Gasteiger charge is -2.17. The predicted octanol–water partition coefficient (Wildman–Crippen LogP) is 2.95. The number of hydrogen-bond donors (Lipinski definition) is 1. The lowest BCUT2D eigenvalue weighted by atomic mass is 10.1. The van der Waals surface area contributed by atoms with E-state index in [1.165, 1.54) is 13.2 Å². The molecule has 1 aromatic carbocycles. The predicted molar refractivity (Wildman–Crippen MR) is 74.5 cm³/mol. The van der Waals surface area contributed by atoms with E-state index in [-0.39, 0.29) is 11.9 Å². The molecule has 5 nitrogen and oxygen atoms in total. The summed E-state index contributed by atoms with van der Waals surface area (Å²) in [7, 11) is 1.53. The first-order chi connectivity index (χ1) is 10.2. The molecule has 1 N–H and O–H groups in total. The quantitative estimate of drug-likeness (QED) is 0.886. The third-order valence-electron chi connectivity index (χ3n) is 3.63. The summed E-state index contributed by atoms with van der Waals surface area (Å²) >= 11 is 0. The van der Waals surface area contributed by atoms with E-state index in [0.717, 1.165) is 12.8 Å². The second-order valence-corrected chi connectivity index (χ2v) is 5.27. The fraction of sp³-hybridized carbons (Fsp3) is 0.467. The molecular formula is C15H18FN3O2. The molecule has 3 rings (SSSR count). The monoisotopic (exact) mass is 291 g/mol. The van der Waals surface area contributed by atoms with Crippen LogP contribution in [0.4, 0.5) is 4.39 Å². The van der Waals surface area contributed by atoms with Gasteiger partial charge < -0.3 is 14.5 Å². The number of ether oxygens (including phenoxy) is 1. The maximum absolute atomic E-state index is 14.0. The molecule has 1 atom stereocenters. The minimum Gasteiger partial charge on any atom is -0.496 e. The molecule has 2 aromatic rings. The summed E-state index contributed by atoms with van der Waals surface area (Å²) in [6.45, 7) is 2.28. The third-order valence-corrected chi connectivity index (χ3v) is 3.63. The average molecular weight is 291 g/mol. The van der Waals surface area contributed by atoms with Gasteiger partial charge in [0, 0.05) is 17.5 Å². The molecular weight excluding hydrogens is 273 g/mol. The van der Waals surface area contributed by atoms with Gasteiger partial charge in [0.25, 0.3) is 0 Å². The van der Waals surface area contributed by atoms with Gasteiger partial charge in [0.1, 0.15) is 11.6 Å². The van der Waals surface area contributed by atoms with Crippen LogP contribution in [0.15, 0.2) is 22.6 Å². The van der Waals surface area contributed by atoms with Crippen LogP contribution in [0.25, 0.3) is 0 Å². The van der Waals surface area contributed by atoms with Crippen molar-refractivity contribution in [3.63, 3.8) is 0 Å². The summed E-state index contributed by atoms with van der Waals surface area (Å²) in [6, 6.07) is 4.57. The van der Waals surface area contributed by atoms with Crippen molar-refractivity contribution < 1.29 is 13.5 Å². The van der Waals surface area contributed by atoms with Crippen LogP contribution >= 0.6 is 0 Å². The Hall–Kier alpha value is -1.95. The fourth-order valence-electron chi connectivity index (χ4n) is 2.29. The zero-order valence-corrected chi connectivity index (χ0v) is 12.1.